The Hall–Kier alpha value is -2.08. The predicted octanol–water partition coefficient (Wildman–Crippen LogP) is 2.72. The molecule has 2 fully saturated rings. The summed E-state index contributed by atoms with van der Waals surface area (Å²) in [5.41, 5.74) is 1.98. The molecule has 2 aliphatic rings. The van der Waals surface area contributed by atoms with Crippen molar-refractivity contribution in [2.24, 2.45) is 5.41 Å². The Labute approximate surface area is 142 Å². The fourth-order valence-corrected chi connectivity index (χ4v) is 3.72. The molecule has 2 saturated heterocycles. The van der Waals surface area contributed by atoms with Gasteiger partial charge in [-0.2, -0.15) is 0 Å². The van der Waals surface area contributed by atoms with Crippen LogP contribution in [0.2, 0.25) is 0 Å². The number of anilines is 1. The van der Waals surface area contributed by atoms with E-state index >= 15 is 0 Å². The standard InChI is InChI=1S/C18H23N5O/c1-2-12-24-14-18(4-1)5-10-23(11-6-18)17-21-7-3-15(22-17)16-13-19-8-9-20-16/h3,7-9,13H,1-2,4-6,10-12,14H2. The number of ether oxygens (including phenoxy) is 1. The maximum Gasteiger partial charge on any atom is 0.225 e. The van der Waals surface area contributed by atoms with Crippen LogP contribution < -0.4 is 4.90 Å². The molecule has 0 amide bonds. The molecule has 6 heteroatoms. The summed E-state index contributed by atoms with van der Waals surface area (Å²) in [4.78, 5) is 19.9. The van der Waals surface area contributed by atoms with Gasteiger partial charge in [-0.15, -0.1) is 0 Å². The first kappa shape index (κ1) is 15.4. The first-order valence-corrected chi connectivity index (χ1v) is 8.77. The molecule has 0 aromatic carbocycles. The van der Waals surface area contributed by atoms with E-state index in [1.807, 2.05) is 12.3 Å². The van der Waals surface area contributed by atoms with Crippen molar-refractivity contribution in [2.45, 2.75) is 32.1 Å². The summed E-state index contributed by atoms with van der Waals surface area (Å²) in [6.45, 7) is 3.83. The SMILES string of the molecule is c1cnc(-c2ccnc(N3CCC4(CCCCOC4)CC3)n2)cn1. The average Bonchev–Trinajstić information content (AvgIpc) is 2.89. The maximum atomic E-state index is 5.84. The Morgan fingerprint density at radius 1 is 0.958 bits per heavy atom. The van der Waals surface area contributed by atoms with E-state index in [1.54, 1.807) is 18.6 Å². The predicted molar refractivity (Wildman–Crippen MR) is 91.6 cm³/mol. The van der Waals surface area contributed by atoms with E-state index in [9.17, 15) is 0 Å². The Kier molecular flexibility index (Phi) is 4.38. The second kappa shape index (κ2) is 6.81. The van der Waals surface area contributed by atoms with Crippen molar-refractivity contribution in [1.29, 1.82) is 0 Å². The minimum atomic E-state index is 0.371. The van der Waals surface area contributed by atoms with Crippen LogP contribution in [0.1, 0.15) is 32.1 Å². The van der Waals surface area contributed by atoms with Gasteiger partial charge < -0.3 is 9.64 Å². The third-order valence-electron chi connectivity index (χ3n) is 5.23. The zero-order valence-electron chi connectivity index (χ0n) is 13.9. The fraction of sp³-hybridized carbons (Fsp3) is 0.556. The van der Waals surface area contributed by atoms with Gasteiger partial charge in [0.05, 0.1) is 18.5 Å². The van der Waals surface area contributed by atoms with E-state index in [1.165, 1.54) is 19.3 Å². The lowest BCUT2D eigenvalue weighted by Gasteiger charge is -2.41. The monoisotopic (exact) mass is 325 g/mol. The topological polar surface area (TPSA) is 64.0 Å². The zero-order chi connectivity index (χ0) is 16.2. The quantitative estimate of drug-likeness (QED) is 0.846. The molecule has 0 bridgehead atoms. The molecule has 0 radical (unpaired) electrons. The van der Waals surface area contributed by atoms with Crippen molar-refractivity contribution in [2.75, 3.05) is 31.2 Å². The van der Waals surface area contributed by atoms with Crippen molar-refractivity contribution >= 4 is 5.95 Å². The normalized spacial score (nSPS) is 20.8. The van der Waals surface area contributed by atoms with Crippen LogP contribution in [-0.4, -0.2) is 46.2 Å². The van der Waals surface area contributed by atoms with Gasteiger partial charge in [0.15, 0.2) is 0 Å². The molecule has 2 aromatic heterocycles. The highest BCUT2D eigenvalue weighted by molar-refractivity contribution is 5.54. The Morgan fingerprint density at radius 3 is 2.71 bits per heavy atom. The molecular weight excluding hydrogens is 302 g/mol. The summed E-state index contributed by atoms with van der Waals surface area (Å²) >= 11 is 0. The van der Waals surface area contributed by atoms with Crippen LogP contribution >= 0.6 is 0 Å². The summed E-state index contributed by atoms with van der Waals surface area (Å²) < 4.78 is 5.84. The molecule has 0 aliphatic carbocycles. The van der Waals surface area contributed by atoms with Gasteiger partial charge >= 0.3 is 0 Å². The first-order valence-electron chi connectivity index (χ1n) is 8.77. The summed E-state index contributed by atoms with van der Waals surface area (Å²) in [5.74, 6) is 0.794. The average molecular weight is 325 g/mol. The van der Waals surface area contributed by atoms with Crippen LogP contribution in [0.3, 0.4) is 0 Å². The third-order valence-corrected chi connectivity index (χ3v) is 5.23. The fourth-order valence-electron chi connectivity index (χ4n) is 3.72. The summed E-state index contributed by atoms with van der Waals surface area (Å²) in [7, 11) is 0. The number of hydrogen-bond acceptors (Lipinski definition) is 6. The van der Waals surface area contributed by atoms with Crippen LogP contribution in [0.25, 0.3) is 11.4 Å². The van der Waals surface area contributed by atoms with Gasteiger partial charge in [0.1, 0.15) is 5.69 Å². The van der Waals surface area contributed by atoms with Gasteiger partial charge in [-0.3, -0.25) is 9.97 Å². The van der Waals surface area contributed by atoms with Crippen molar-refractivity contribution < 1.29 is 4.74 Å². The van der Waals surface area contributed by atoms with E-state index in [2.05, 4.69) is 19.9 Å². The number of hydrogen-bond donors (Lipinski definition) is 0. The summed E-state index contributed by atoms with van der Waals surface area (Å²) in [5, 5.41) is 0. The minimum Gasteiger partial charge on any atom is -0.381 e. The highest BCUT2D eigenvalue weighted by Gasteiger charge is 2.36. The highest BCUT2D eigenvalue weighted by atomic mass is 16.5. The smallest absolute Gasteiger partial charge is 0.225 e. The number of nitrogens with zero attached hydrogens (tertiary/aromatic N) is 5. The summed E-state index contributed by atoms with van der Waals surface area (Å²) in [6, 6.07) is 1.89. The van der Waals surface area contributed by atoms with E-state index < -0.39 is 0 Å². The molecule has 4 heterocycles. The van der Waals surface area contributed by atoms with Gasteiger partial charge in [-0.1, -0.05) is 6.42 Å². The van der Waals surface area contributed by atoms with E-state index in [-0.39, 0.29) is 0 Å². The van der Waals surface area contributed by atoms with Crippen molar-refractivity contribution in [3.8, 4) is 11.4 Å². The lowest BCUT2D eigenvalue weighted by atomic mass is 9.75. The molecule has 4 rings (SSSR count). The van der Waals surface area contributed by atoms with E-state index in [4.69, 9.17) is 9.72 Å². The highest BCUT2D eigenvalue weighted by Crippen LogP contribution is 2.39. The van der Waals surface area contributed by atoms with Crippen LogP contribution in [0.15, 0.2) is 30.9 Å². The van der Waals surface area contributed by atoms with Crippen molar-refractivity contribution in [3.63, 3.8) is 0 Å². The Bertz CT molecular complexity index is 660. The van der Waals surface area contributed by atoms with Gasteiger partial charge in [0, 0.05) is 38.3 Å². The molecule has 2 aromatic rings. The molecule has 6 nitrogen and oxygen atoms in total. The van der Waals surface area contributed by atoms with Gasteiger partial charge in [0.25, 0.3) is 0 Å². The molecule has 0 saturated carbocycles. The van der Waals surface area contributed by atoms with Gasteiger partial charge in [-0.25, -0.2) is 9.97 Å². The second-order valence-corrected chi connectivity index (χ2v) is 6.83. The first-order chi connectivity index (χ1) is 11.8. The molecule has 126 valence electrons. The number of aromatic nitrogens is 4. The van der Waals surface area contributed by atoms with Crippen LogP contribution in [0.4, 0.5) is 5.95 Å². The minimum absolute atomic E-state index is 0.371. The molecule has 0 unspecified atom stereocenters. The summed E-state index contributed by atoms with van der Waals surface area (Å²) in [6.07, 6.45) is 13.0. The van der Waals surface area contributed by atoms with Gasteiger partial charge in [-0.05, 0) is 37.2 Å². The third kappa shape index (κ3) is 3.24. The lowest BCUT2D eigenvalue weighted by molar-refractivity contribution is 0.0436. The van der Waals surface area contributed by atoms with Gasteiger partial charge in [0.2, 0.25) is 5.95 Å². The molecule has 0 atom stereocenters. The molecule has 24 heavy (non-hydrogen) atoms. The van der Waals surface area contributed by atoms with Crippen molar-refractivity contribution in [1.82, 2.24) is 19.9 Å². The largest absolute Gasteiger partial charge is 0.381 e. The lowest BCUT2D eigenvalue weighted by Crippen LogP contribution is -2.42. The maximum absolute atomic E-state index is 5.84. The molecule has 1 spiro atoms. The number of piperidine rings is 1. The zero-order valence-corrected chi connectivity index (χ0v) is 13.9. The number of rotatable bonds is 2. The molecule has 0 N–H and O–H groups in total. The molecular formula is C18H23N5O. The molecule has 2 aliphatic heterocycles. The van der Waals surface area contributed by atoms with Crippen LogP contribution in [0, 0.1) is 5.41 Å². The van der Waals surface area contributed by atoms with E-state index in [0.717, 1.165) is 56.5 Å². The van der Waals surface area contributed by atoms with Crippen LogP contribution in [0.5, 0.6) is 0 Å². The van der Waals surface area contributed by atoms with Crippen LogP contribution in [-0.2, 0) is 4.74 Å². The van der Waals surface area contributed by atoms with E-state index in [0.29, 0.717) is 5.41 Å². The second-order valence-electron chi connectivity index (χ2n) is 6.83. The Morgan fingerprint density at radius 2 is 1.88 bits per heavy atom. The van der Waals surface area contributed by atoms with Crippen molar-refractivity contribution in [3.05, 3.63) is 30.9 Å². The Balaban J connectivity index is 1.48.